The molecule has 1 aromatic heterocycles. The van der Waals surface area contributed by atoms with Crippen molar-refractivity contribution in [2.75, 3.05) is 12.3 Å². The van der Waals surface area contributed by atoms with E-state index in [1.807, 2.05) is 11.5 Å². The molecule has 1 fully saturated rings. The molecule has 0 spiro atoms. The molecule has 3 rings (SSSR count). The maximum absolute atomic E-state index is 12.7. The molecule has 1 aromatic rings. The van der Waals surface area contributed by atoms with E-state index < -0.39 is 12.0 Å². The number of aromatic nitrogens is 3. The molecule has 0 saturated carbocycles. The number of carboxylic acids is 1. The van der Waals surface area contributed by atoms with Crippen molar-refractivity contribution in [3.8, 4) is 0 Å². The SMILES string of the molecule is CCC1SCC(C(=O)O)N1C(=O)N1CCn2cnnc2C1. The van der Waals surface area contributed by atoms with Crippen LogP contribution in [0.15, 0.2) is 6.33 Å². The van der Waals surface area contributed by atoms with E-state index in [2.05, 4.69) is 10.2 Å². The van der Waals surface area contributed by atoms with Crippen molar-refractivity contribution in [2.45, 2.75) is 37.8 Å². The summed E-state index contributed by atoms with van der Waals surface area (Å²) in [4.78, 5) is 27.3. The summed E-state index contributed by atoms with van der Waals surface area (Å²) in [5.74, 6) is 0.247. The highest BCUT2D eigenvalue weighted by atomic mass is 32.2. The molecule has 2 unspecified atom stereocenters. The fourth-order valence-electron chi connectivity index (χ4n) is 2.72. The molecule has 0 bridgehead atoms. The topological polar surface area (TPSA) is 91.6 Å². The molecule has 1 saturated heterocycles. The van der Waals surface area contributed by atoms with Crippen LogP contribution in [0.5, 0.6) is 0 Å². The van der Waals surface area contributed by atoms with Gasteiger partial charge in [-0.05, 0) is 6.42 Å². The molecular weight excluding hydrogens is 294 g/mol. The molecule has 0 aromatic carbocycles. The quantitative estimate of drug-likeness (QED) is 0.853. The van der Waals surface area contributed by atoms with Gasteiger partial charge in [-0.1, -0.05) is 6.92 Å². The average Bonchev–Trinajstić information content (AvgIpc) is 3.11. The summed E-state index contributed by atoms with van der Waals surface area (Å²) in [5.41, 5.74) is 0. The van der Waals surface area contributed by atoms with Gasteiger partial charge >= 0.3 is 12.0 Å². The third-order valence-electron chi connectivity index (χ3n) is 3.86. The highest BCUT2D eigenvalue weighted by Crippen LogP contribution is 2.32. The monoisotopic (exact) mass is 311 g/mol. The van der Waals surface area contributed by atoms with Crippen LogP contribution in [-0.2, 0) is 17.9 Å². The maximum atomic E-state index is 12.7. The lowest BCUT2D eigenvalue weighted by Gasteiger charge is -2.34. The van der Waals surface area contributed by atoms with Crippen LogP contribution in [0.25, 0.3) is 0 Å². The van der Waals surface area contributed by atoms with E-state index in [9.17, 15) is 14.7 Å². The molecule has 0 radical (unpaired) electrons. The largest absolute Gasteiger partial charge is 0.480 e. The summed E-state index contributed by atoms with van der Waals surface area (Å²) in [5, 5.41) is 17.1. The van der Waals surface area contributed by atoms with Gasteiger partial charge in [0.15, 0.2) is 5.82 Å². The Hall–Kier alpha value is -1.77. The van der Waals surface area contributed by atoms with Crippen LogP contribution < -0.4 is 0 Å². The Labute approximate surface area is 126 Å². The third kappa shape index (κ3) is 2.45. The molecule has 0 aliphatic carbocycles. The number of carbonyl (C=O) groups excluding carboxylic acids is 1. The molecule has 21 heavy (non-hydrogen) atoms. The van der Waals surface area contributed by atoms with E-state index in [1.165, 1.54) is 16.7 Å². The van der Waals surface area contributed by atoms with Gasteiger partial charge in [0, 0.05) is 18.8 Å². The first kappa shape index (κ1) is 14.2. The summed E-state index contributed by atoms with van der Waals surface area (Å²) < 4.78 is 1.91. The molecular formula is C12H17N5O3S. The second-order valence-electron chi connectivity index (χ2n) is 5.10. The second-order valence-corrected chi connectivity index (χ2v) is 6.31. The van der Waals surface area contributed by atoms with Gasteiger partial charge in [-0.2, -0.15) is 0 Å². The Morgan fingerprint density at radius 3 is 3.00 bits per heavy atom. The zero-order chi connectivity index (χ0) is 15.0. The fourth-order valence-corrected chi connectivity index (χ4v) is 4.06. The first-order chi connectivity index (χ1) is 10.1. The van der Waals surface area contributed by atoms with Crippen LogP contribution in [0.1, 0.15) is 19.2 Å². The number of rotatable bonds is 2. The molecule has 9 heteroatoms. The van der Waals surface area contributed by atoms with Gasteiger partial charge in [-0.15, -0.1) is 22.0 Å². The van der Waals surface area contributed by atoms with Crippen LogP contribution in [0.2, 0.25) is 0 Å². The minimum absolute atomic E-state index is 0.0709. The Morgan fingerprint density at radius 1 is 1.48 bits per heavy atom. The number of thioether (sulfide) groups is 1. The summed E-state index contributed by atoms with van der Waals surface area (Å²) in [6, 6.07) is -0.958. The zero-order valence-corrected chi connectivity index (χ0v) is 12.5. The highest BCUT2D eigenvalue weighted by Gasteiger charge is 2.43. The summed E-state index contributed by atoms with van der Waals surface area (Å²) in [6.45, 7) is 3.54. The Morgan fingerprint density at radius 2 is 2.29 bits per heavy atom. The minimum Gasteiger partial charge on any atom is -0.480 e. The third-order valence-corrected chi connectivity index (χ3v) is 5.31. The van der Waals surface area contributed by atoms with E-state index >= 15 is 0 Å². The van der Waals surface area contributed by atoms with Crippen LogP contribution in [-0.4, -0.2) is 65.4 Å². The zero-order valence-electron chi connectivity index (χ0n) is 11.7. The number of amides is 2. The van der Waals surface area contributed by atoms with Crippen LogP contribution >= 0.6 is 11.8 Å². The minimum atomic E-state index is -0.938. The van der Waals surface area contributed by atoms with Crippen molar-refractivity contribution in [3.05, 3.63) is 12.2 Å². The lowest BCUT2D eigenvalue weighted by molar-refractivity contribution is -0.141. The van der Waals surface area contributed by atoms with Crippen LogP contribution in [0, 0.1) is 0 Å². The number of nitrogens with zero attached hydrogens (tertiary/aromatic N) is 5. The molecule has 2 amide bonds. The maximum Gasteiger partial charge on any atom is 0.327 e. The standard InChI is InChI=1S/C12H17N5O3S/c1-2-10-17(8(6-21-10)11(18)19)12(20)15-3-4-16-7-13-14-9(16)5-15/h7-8,10H,2-6H2,1H3,(H,18,19). The fraction of sp³-hybridized carbons (Fsp3) is 0.667. The van der Waals surface area contributed by atoms with Gasteiger partial charge in [0.1, 0.15) is 12.4 Å². The van der Waals surface area contributed by atoms with E-state index in [0.29, 0.717) is 25.4 Å². The lowest BCUT2D eigenvalue weighted by atomic mass is 10.2. The Bertz CT molecular complexity index is 563. The Balaban J connectivity index is 1.78. The highest BCUT2D eigenvalue weighted by molar-refractivity contribution is 8.00. The number of hydrogen-bond acceptors (Lipinski definition) is 5. The number of aliphatic carboxylic acids is 1. The summed E-state index contributed by atoms with van der Waals surface area (Å²) >= 11 is 1.53. The van der Waals surface area contributed by atoms with Crippen molar-refractivity contribution < 1.29 is 14.7 Å². The van der Waals surface area contributed by atoms with Gasteiger partial charge in [-0.3, -0.25) is 4.90 Å². The summed E-state index contributed by atoms with van der Waals surface area (Å²) in [7, 11) is 0. The molecule has 8 nitrogen and oxygen atoms in total. The number of carbonyl (C=O) groups is 2. The van der Waals surface area contributed by atoms with Gasteiger partial charge < -0.3 is 14.6 Å². The summed E-state index contributed by atoms with van der Waals surface area (Å²) in [6.07, 6.45) is 2.39. The normalized spacial score (nSPS) is 25.0. The molecule has 2 aliphatic rings. The molecule has 2 aliphatic heterocycles. The molecule has 1 N–H and O–H groups in total. The van der Waals surface area contributed by atoms with Gasteiger partial charge in [0.05, 0.1) is 11.9 Å². The van der Waals surface area contributed by atoms with E-state index in [-0.39, 0.29) is 11.4 Å². The smallest absolute Gasteiger partial charge is 0.327 e. The van der Waals surface area contributed by atoms with E-state index in [1.54, 1.807) is 11.2 Å². The number of fused-ring (bicyclic) bond motifs is 1. The van der Waals surface area contributed by atoms with Gasteiger partial charge in [0.25, 0.3) is 0 Å². The van der Waals surface area contributed by atoms with Gasteiger partial charge in [-0.25, -0.2) is 9.59 Å². The van der Waals surface area contributed by atoms with Crippen molar-refractivity contribution in [2.24, 2.45) is 0 Å². The van der Waals surface area contributed by atoms with E-state index in [4.69, 9.17) is 0 Å². The van der Waals surface area contributed by atoms with E-state index in [0.717, 1.165) is 12.2 Å². The molecule has 2 atom stereocenters. The first-order valence-electron chi connectivity index (χ1n) is 6.90. The predicted molar refractivity (Wildman–Crippen MR) is 75.6 cm³/mol. The lowest BCUT2D eigenvalue weighted by Crippen LogP contribution is -2.53. The van der Waals surface area contributed by atoms with Gasteiger partial charge in [0.2, 0.25) is 0 Å². The first-order valence-corrected chi connectivity index (χ1v) is 7.95. The number of urea groups is 1. The predicted octanol–water partition coefficient (Wildman–Crippen LogP) is 0.452. The molecule has 114 valence electrons. The van der Waals surface area contributed by atoms with Crippen LogP contribution in [0.4, 0.5) is 4.79 Å². The number of carboxylic acid groups (broad SMARTS) is 1. The average molecular weight is 311 g/mol. The second kappa shape index (κ2) is 5.55. The Kier molecular flexibility index (Phi) is 3.75. The number of hydrogen-bond donors (Lipinski definition) is 1. The van der Waals surface area contributed by atoms with Crippen LogP contribution in [0.3, 0.4) is 0 Å². The molecule has 3 heterocycles. The van der Waals surface area contributed by atoms with Crippen molar-refractivity contribution in [1.82, 2.24) is 24.6 Å². The van der Waals surface area contributed by atoms with Crippen molar-refractivity contribution in [1.29, 1.82) is 0 Å². The van der Waals surface area contributed by atoms with Crippen molar-refractivity contribution in [3.63, 3.8) is 0 Å². The van der Waals surface area contributed by atoms with Crippen molar-refractivity contribution >= 4 is 23.8 Å².